The van der Waals surface area contributed by atoms with Crippen molar-refractivity contribution in [2.75, 3.05) is 0 Å². The van der Waals surface area contributed by atoms with Gasteiger partial charge in [-0.3, -0.25) is 4.79 Å². The Labute approximate surface area is 119 Å². The lowest BCUT2D eigenvalue weighted by molar-refractivity contribution is -0.127. The predicted molar refractivity (Wildman–Crippen MR) is 77.1 cm³/mol. The van der Waals surface area contributed by atoms with Gasteiger partial charge < -0.3 is 10.1 Å². The van der Waals surface area contributed by atoms with E-state index in [-0.39, 0.29) is 17.9 Å². The molecule has 0 heterocycles. The SMILES string of the molecule is C#CC(NC(=O)C(C)Oc1cccc(Cl)c1)C(C)C. The summed E-state index contributed by atoms with van der Waals surface area (Å²) in [6, 6.07) is 6.62. The highest BCUT2D eigenvalue weighted by Crippen LogP contribution is 2.18. The van der Waals surface area contributed by atoms with E-state index in [1.54, 1.807) is 31.2 Å². The number of benzene rings is 1. The first kappa shape index (κ1) is 15.4. The third-order valence-corrected chi connectivity index (χ3v) is 2.86. The van der Waals surface area contributed by atoms with Crippen molar-refractivity contribution in [3.05, 3.63) is 29.3 Å². The van der Waals surface area contributed by atoms with Crippen LogP contribution in [0, 0.1) is 18.3 Å². The highest BCUT2D eigenvalue weighted by Gasteiger charge is 2.19. The summed E-state index contributed by atoms with van der Waals surface area (Å²) < 4.78 is 5.52. The molecular formula is C15H18ClNO2. The van der Waals surface area contributed by atoms with E-state index in [2.05, 4.69) is 11.2 Å². The van der Waals surface area contributed by atoms with Crippen molar-refractivity contribution < 1.29 is 9.53 Å². The number of amides is 1. The quantitative estimate of drug-likeness (QED) is 0.842. The number of nitrogens with one attached hydrogen (secondary N) is 1. The van der Waals surface area contributed by atoms with Crippen molar-refractivity contribution in [1.82, 2.24) is 5.32 Å². The van der Waals surface area contributed by atoms with Crippen LogP contribution >= 0.6 is 11.6 Å². The Hall–Kier alpha value is -1.66. The van der Waals surface area contributed by atoms with E-state index >= 15 is 0 Å². The summed E-state index contributed by atoms with van der Waals surface area (Å²) >= 11 is 5.85. The minimum absolute atomic E-state index is 0.173. The number of carbonyl (C=O) groups is 1. The van der Waals surface area contributed by atoms with E-state index in [1.165, 1.54) is 0 Å². The van der Waals surface area contributed by atoms with Gasteiger partial charge in [-0.15, -0.1) is 6.42 Å². The van der Waals surface area contributed by atoms with E-state index in [0.717, 1.165) is 0 Å². The fourth-order valence-electron chi connectivity index (χ4n) is 1.47. The standard InChI is InChI=1S/C15H18ClNO2/c1-5-14(10(2)3)17-15(18)11(4)19-13-8-6-7-12(16)9-13/h1,6-11,14H,2-4H3,(H,17,18). The van der Waals surface area contributed by atoms with Gasteiger partial charge in [0.2, 0.25) is 0 Å². The molecule has 1 rings (SSSR count). The Bertz CT molecular complexity index is 479. The molecule has 0 bridgehead atoms. The molecule has 2 atom stereocenters. The van der Waals surface area contributed by atoms with Gasteiger partial charge in [-0.25, -0.2) is 0 Å². The molecule has 3 nitrogen and oxygen atoms in total. The molecule has 1 aromatic rings. The fourth-order valence-corrected chi connectivity index (χ4v) is 1.65. The summed E-state index contributed by atoms with van der Waals surface area (Å²) in [5.74, 6) is 3.04. The average molecular weight is 280 g/mol. The van der Waals surface area contributed by atoms with Crippen LogP contribution in [0.2, 0.25) is 5.02 Å². The molecular weight excluding hydrogens is 262 g/mol. The van der Waals surface area contributed by atoms with Crippen LogP contribution in [0.4, 0.5) is 0 Å². The monoisotopic (exact) mass is 279 g/mol. The molecule has 0 saturated carbocycles. The molecule has 19 heavy (non-hydrogen) atoms. The molecule has 0 spiro atoms. The Morgan fingerprint density at radius 2 is 2.11 bits per heavy atom. The van der Waals surface area contributed by atoms with Crippen LogP contribution in [-0.2, 0) is 4.79 Å². The number of hydrogen-bond acceptors (Lipinski definition) is 2. The van der Waals surface area contributed by atoms with Gasteiger partial charge in [-0.05, 0) is 31.0 Å². The second-order valence-electron chi connectivity index (χ2n) is 4.61. The molecule has 1 N–H and O–H groups in total. The third-order valence-electron chi connectivity index (χ3n) is 2.62. The van der Waals surface area contributed by atoms with Gasteiger partial charge in [0.05, 0.1) is 6.04 Å². The third kappa shape index (κ3) is 4.84. The summed E-state index contributed by atoms with van der Waals surface area (Å²) in [5.41, 5.74) is 0. The molecule has 0 fully saturated rings. The summed E-state index contributed by atoms with van der Waals surface area (Å²) in [7, 11) is 0. The Balaban J connectivity index is 2.61. The maximum atomic E-state index is 11.9. The van der Waals surface area contributed by atoms with Crippen molar-refractivity contribution >= 4 is 17.5 Å². The zero-order valence-electron chi connectivity index (χ0n) is 11.3. The van der Waals surface area contributed by atoms with Gasteiger partial charge in [0, 0.05) is 5.02 Å². The Kier molecular flexibility index (Phi) is 5.72. The van der Waals surface area contributed by atoms with Gasteiger partial charge in [0.1, 0.15) is 5.75 Å². The van der Waals surface area contributed by atoms with Crippen molar-refractivity contribution in [2.24, 2.45) is 5.92 Å². The van der Waals surface area contributed by atoms with E-state index in [4.69, 9.17) is 22.8 Å². The van der Waals surface area contributed by atoms with E-state index in [0.29, 0.717) is 10.8 Å². The van der Waals surface area contributed by atoms with Gasteiger partial charge in [0.15, 0.2) is 6.10 Å². The maximum Gasteiger partial charge on any atom is 0.261 e. The minimum atomic E-state index is -0.631. The largest absolute Gasteiger partial charge is 0.481 e. The average Bonchev–Trinajstić information content (AvgIpc) is 2.35. The van der Waals surface area contributed by atoms with Gasteiger partial charge in [-0.2, -0.15) is 0 Å². The summed E-state index contributed by atoms with van der Waals surface area (Å²) in [5, 5.41) is 3.33. The van der Waals surface area contributed by atoms with Gasteiger partial charge in [0.25, 0.3) is 5.91 Å². The van der Waals surface area contributed by atoms with E-state index < -0.39 is 6.10 Å². The summed E-state index contributed by atoms with van der Waals surface area (Å²) in [4.78, 5) is 11.9. The van der Waals surface area contributed by atoms with Crippen LogP contribution in [-0.4, -0.2) is 18.1 Å². The number of carbonyl (C=O) groups excluding carboxylic acids is 1. The molecule has 1 amide bonds. The van der Waals surface area contributed by atoms with Crippen molar-refractivity contribution in [2.45, 2.75) is 32.9 Å². The maximum absolute atomic E-state index is 11.9. The molecule has 0 aromatic heterocycles. The van der Waals surface area contributed by atoms with Crippen molar-refractivity contribution in [3.63, 3.8) is 0 Å². The summed E-state index contributed by atoms with van der Waals surface area (Å²) in [6.45, 7) is 5.57. The molecule has 4 heteroatoms. The Morgan fingerprint density at radius 1 is 1.42 bits per heavy atom. The first-order valence-corrected chi connectivity index (χ1v) is 6.50. The minimum Gasteiger partial charge on any atom is -0.481 e. The van der Waals surface area contributed by atoms with Gasteiger partial charge >= 0.3 is 0 Å². The fraction of sp³-hybridized carbons (Fsp3) is 0.400. The number of hydrogen-bond donors (Lipinski definition) is 1. The number of halogens is 1. The number of terminal acetylenes is 1. The normalized spacial score (nSPS) is 13.5. The molecule has 0 aliphatic heterocycles. The van der Waals surface area contributed by atoms with Crippen LogP contribution in [0.1, 0.15) is 20.8 Å². The molecule has 102 valence electrons. The second kappa shape index (κ2) is 7.06. The highest BCUT2D eigenvalue weighted by molar-refractivity contribution is 6.30. The van der Waals surface area contributed by atoms with Crippen molar-refractivity contribution in [1.29, 1.82) is 0 Å². The smallest absolute Gasteiger partial charge is 0.261 e. The molecule has 0 saturated heterocycles. The summed E-state index contributed by atoms with van der Waals surface area (Å²) in [6.07, 6.45) is 4.74. The van der Waals surface area contributed by atoms with Gasteiger partial charge in [-0.1, -0.05) is 37.4 Å². The molecule has 2 unspecified atom stereocenters. The Morgan fingerprint density at radius 3 is 2.63 bits per heavy atom. The van der Waals surface area contributed by atoms with Crippen LogP contribution < -0.4 is 10.1 Å². The number of rotatable bonds is 5. The van der Waals surface area contributed by atoms with Crippen LogP contribution in [0.15, 0.2) is 24.3 Å². The molecule has 1 aromatic carbocycles. The first-order valence-electron chi connectivity index (χ1n) is 6.12. The number of ether oxygens (including phenoxy) is 1. The van der Waals surface area contributed by atoms with Crippen LogP contribution in [0.3, 0.4) is 0 Å². The second-order valence-corrected chi connectivity index (χ2v) is 5.05. The molecule has 0 aliphatic rings. The zero-order chi connectivity index (χ0) is 14.4. The van der Waals surface area contributed by atoms with Crippen molar-refractivity contribution in [3.8, 4) is 18.1 Å². The molecule has 0 radical (unpaired) electrons. The lowest BCUT2D eigenvalue weighted by atomic mass is 10.1. The topological polar surface area (TPSA) is 38.3 Å². The predicted octanol–water partition coefficient (Wildman–Crippen LogP) is 2.88. The molecule has 0 aliphatic carbocycles. The van der Waals surface area contributed by atoms with E-state index in [1.807, 2.05) is 13.8 Å². The lowest BCUT2D eigenvalue weighted by Crippen LogP contribution is -2.44. The van der Waals surface area contributed by atoms with Crippen LogP contribution in [0.25, 0.3) is 0 Å². The highest BCUT2D eigenvalue weighted by atomic mass is 35.5. The van der Waals surface area contributed by atoms with Crippen LogP contribution in [0.5, 0.6) is 5.75 Å². The lowest BCUT2D eigenvalue weighted by Gasteiger charge is -2.20. The first-order chi connectivity index (χ1) is 8.93. The zero-order valence-corrected chi connectivity index (χ0v) is 12.1. The van der Waals surface area contributed by atoms with E-state index in [9.17, 15) is 4.79 Å².